The van der Waals surface area contributed by atoms with Crippen molar-refractivity contribution in [2.45, 2.75) is 70.1 Å². The molecule has 6 heteroatoms. The smallest absolute Gasteiger partial charge is 0.251 e. The fourth-order valence-corrected chi connectivity index (χ4v) is 4.04. The summed E-state index contributed by atoms with van der Waals surface area (Å²) in [6.07, 6.45) is 7.57. The number of rotatable bonds is 4. The number of hydrogen-bond donors (Lipinski definition) is 1. The zero-order chi connectivity index (χ0) is 16.9. The van der Waals surface area contributed by atoms with Crippen LogP contribution in [-0.4, -0.2) is 72.6 Å². The zero-order valence-corrected chi connectivity index (χ0v) is 14.8. The van der Waals surface area contributed by atoms with Gasteiger partial charge in [0.1, 0.15) is 6.10 Å². The van der Waals surface area contributed by atoms with E-state index in [1.165, 1.54) is 19.3 Å². The maximum Gasteiger partial charge on any atom is 0.251 e. The van der Waals surface area contributed by atoms with E-state index in [9.17, 15) is 9.59 Å². The van der Waals surface area contributed by atoms with Gasteiger partial charge in [0.05, 0.1) is 6.04 Å². The van der Waals surface area contributed by atoms with Gasteiger partial charge in [0.25, 0.3) is 5.91 Å². The summed E-state index contributed by atoms with van der Waals surface area (Å²) in [7, 11) is 0. The normalized spacial score (nSPS) is 27.9. The number of carbonyl (C=O) groups excluding carboxylic acids is 2. The van der Waals surface area contributed by atoms with Gasteiger partial charge < -0.3 is 15.0 Å². The third kappa shape index (κ3) is 4.28. The molecular weight excluding hydrogens is 306 g/mol. The van der Waals surface area contributed by atoms with E-state index in [-0.39, 0.29) is 24.0 Å². The summed E-state index contributed by atoms with van der Waals surface area (Å²) in [4.78, 5) is 29.0. The first kappa shape index (κ1) is 17.7. The van der Waals surface area contributed by atoms with Gasteiger partial charge in [-0.2, -0.15) is 0 Å². The van der Waals surface area contributed by atoms with Gasteiger partial charge in [0, 0.05) is 38.8 Å². The lowest BCUT2D eigenvalue weighted by Gasteiger charge is -2.38. The Morgan fingerprint density at radius 1 is 1.00 bits per heavy atom. The van der Waals surface area contributed by atoms with Gasteiger partial charge in [-0.25, -0.2) is 0 Å². The van der Waals surface area contributed by atoms with E-state index in [2.05, 4.69) is 10.2 Å². The highest BCUT2D eigenvalue weighted by Crippen LogP contribution is 2.19. The average Bonchev–Trinajstić information content (AvgIpc) is 3.16. The van der Waals surface area contributed by atoms with E-state index in [0.717, 1.165) is 38.8 Å². The lowest BCUT2D eigenvalue weighted by molar-refractivity contribution is -0.143. The first-order chi connectivity index (χ1) is 11.6. The lowest BCUT2D eigenvalue weighted by atomic mass is 9.95. The second-order valence-corrected chi connectivity index (χ2v) is 7.38. The van der Waals surface area contributed by atoms with Crippen LogP contribution in [0.25, 0.3) is 0 Å². The molecule has 0 aromatic heterocycles. The zero-order valence-electron chi connectivity index (χ0n) is 14.8. The minimum atomic E-state index is -0.233. The number of ether oxygens (including phenoxy) is 1. The highest BCUT2D eigenvalue weighted by molar-refractivity contribution is 5.82. The van der Waals surface area contributed by atoms with Crippen molar-refractivity contribution < 1.29 is 14.3 Å². The third-order valence-corrected chi connectivity index (χ3v) is 5.71. The van der Waals surface area contributed by atoms with Crippen LogP contribution in [0.5, 0.6) is 0 Å². The Bertz CT molecular complexity index is 437. The summed E-state index contributed by atoms with van der Waals surface area (Å²) >= 11 is 0. The van der Waals surface area contributed by atoms with Crippen LogP contribution in [0.15, 0.2) is 0 Å². The van der Waals surface area contributed by atoms with Gasteiger partial charge in [-0.3, -0.25) is 14.5 Å². The Labute approximate surface area is 144 Å². The number of amides is 2. The monoisotopic (exact) mass is 337 g/mol. The van der Waals surface area contributed by atoms with Crippen molar-refractivity contribution in [3.8, 4) is 0 Å². The first-order valence-corrected chi connectivity index (χ1v) is 9.60. The van der Waals surface area contributed by atoms with Gasteiger partial charge in [-0.05, 0) is 32.6 Å². The van der Waals surface area contributed by atoms with Crippen molar-refractivity contribution >= 4 is 11.8 Å². The molecule has 6 nitrogen and oxygen atoms in total. The molecule has 2 saturated heterocycles. The number of nitrogens with zero attached hydrogens (tertiary/aromatic N) is 2. The molecule has 2 aliphatic heterocycles. The highest BCUT2D eigenvalue weighted by Gasteiger charge is 2.32. The van der Waals surface area contributed by atoms with Crippen LogP contribution in [0.3, 0.4) is 0 Å². The van der Waals surface area contributed by atoms with Gasteiger partial charge in [0.15, 0.2) is 0 Å². The topological polar surface area (TPSA) is 61.9 Å². The molecule has 0 bridgehead atoms. The Balaban J connectivity index is 1.43. The van der Waals surface area contributed by atoms with E-state index in [4.69, 9.17) is 4.74 Å². The maximum atomic E-state index is 12.5. The molecule has 3 rings (SSSR count). The molecule has 0 spiro atoms. The molecule has 1 N–H and O–H groups in total. The Morgan fingerprint density at radius 3 is 2.33 bits per heavy atom. The van der Waals surface area contributed by atoms with Crippen LogP contribution in [0.4, 0.5) is 0 Å². The summed E-state index contributed by atoms with van der Waals surface area (Å²) in [6, 6.07) is 0.239. The largest absolute Gasteiger partial charge is 0.368 e. The Morgan fingerprint density at radius 2 is 1.71 bits per heavy atom. The highest BCUT2D eigenvalue weighted by atomic mass is 16.5. The van der Waals surface area contributed by atoms with Crippen molar-refractivity contribution in [2.75, 3.05) is 32.8 Å². The number of hydrogen-bond acceptors (Lipinski definition) is 4. The van der Waals surface area contributed by atoms with E-state index in [0.29, 0.717) is 25.7 Å². The lowest BCUT2D eigenvalue weighted by Crippen LogP contribution is -2.57. The Hall–Kier alpha value is -1.14. The number of nitrogens with one attached hydrogen (secondary N) is 1. The van der Waals surface area contributed by atoms with Gasteiger partial charge in [-0.1, -0.05) is 19.3 Å². The molecule has 2 atom stereocenters. The van der Waals surface area contributed by atoms with E-state index in [1.807, 2.05) is 11.8 Å². The van der Waals surface area contributed by atoms with Crippen LogP contribution in [0, 0.1) is 0 Å². The van der Waals surface area contributed by atoms with Gasteiger partial charge in [0.2, 0.25) is 5.91 Å². The first-order valence-electron chi connectivity index (χ1n) is 9.60. The second kappa shape index (κ2) is 8.30. The Kier molecular flexibility index (Phi) is 6.11. The van der Waals surface area contributed by atoms with Crippen LogP contribution in [0.2, 0.25) is 0 Å². The van der Waals surface area contributed by atoms with Crippen molar-refractivity contribution in [1.82, 2.24) is 15.1 Å². The fraction of sp³-hybridized carbons (Fsp3) is 0.889. The molecule has 2 amide bonds. The molecule has 2 heterocycles. The predicted molar refractivity (Wildman–Crippen MR) is 91.6 cm³/mol. The molecule has 24 heavy (non-hydrogen) atoms. The summed E-state index contributed by atoms with van der Waals surface area (Å²) in [5.41, 5.74) is 0. The molecule has 3 aliphatic rings. The molecule has 0 aromatic rings. The summed E-state index contributed by atoms with van der Waals surface area (Å²) in [6.45, 7) is 5.60. The minimum absolute atomic E-state index is 0.119. The van der Waals surface area contributed by atoms with Crippen molar-refractivity contribution in [3.63, 3.8) is 0 Å². The average molecular weight is 337 g/mol. The van der Waals surface area contributed by atoms with Crippen molar-refractivity contribution in [1.29, 1.82) is 0 Å². The molecule has 0 unspecified atom stereocenters. The summed E-state index contributed by atoms with van der Waals surface area (Å²) in [5, 5.41) is 3.21. The second-order valence-electron chi connectivity index (χ2n) is 7.38. The number of carbonyl (C=O) groups is 2. The predicted octanol–water partition coefficient (Wildman–Crippen LogP) is 1.15. The van der Waals surface area contributed by atoms with E-state index < -0.39 is 0 Å². The quantitative estimate of drug-likeness (QED) is 0.836. The summed E-state index contributed by atoms with van der Waals surface area (Å²) < 4.78 is 5.50. The van der Waals surface area contributed by atoms with Crippen LogP contribution >= 0.6 is 0 Å². The third-order valence-electron chi connectivity index (χ3n) is 5.71. The SMILES string of the molecule is C[C@H](C(=O)NC1CCCCC1)N1CCN(C(=O)[C@@H]2CCCO2)CC1. The standard InChI is InChI=1S/C18H31N3O3/c1-14(17(22)19-15-6-3-2-4-7-15)20-9-11-21(12-10-20)18(23)16-8-5-13-24-16/h14-16H,2-13H2,1H3,(H,19,22)/t14-,16+/m1/s1. The molecule has 136 valence electrons. The van der Waals surface area contributed by atoms with Crippen molar-refractivity contribution in [3.05, 3.63) is 0 Å². The maximum absolute atomic E-state index is 12.5. The minimum Gasteiger partial charge on any atom is -0.368 e. The summed E-state index contributed by atoms with van der Waals surface area (Å²) in [5.74, 6) is 0.271. The molecule has 1 aliphatic carbocycles. The van der Waals surface area contributed by atoms with Crippen molar-refractivity contribution in [2.24, 2.45) is 0 Å². The molecule has 0 radical (unpaired) electrons. The van der Waals surface area contributed by atoms with E-state index in [1.54, 1.807) is 0 Å². The van der Waals surface area contributed by atoms with Gasteiger partial charge >= 0.3 is 0 Å². The fourth-order valence-electron chi connectivity index (χ4n) is 4.04. The molecule has 1 saturated carbocycles. The van der Waals surface area contributed by atoms with Crippen LogP contribution in [0.1, 0.15) is 51.9 Å². The van der Waals surface area contributed by atoms with Gasteiger partial charge in [-0.15, -0.1) is 0 Å². The number of piperazine rings is 1. The van der Waals surface area contributed by atoms with Crippen LogP contribution in [-0.2, 0) is 14.3 Å². The van der Waals surface area contributed by atoms with E-state index >= 15 is 0 Å². The van der Waals surface area contributed by atoms with Crippen LogP contribution < -0.4 is 5.32 Å². The molecule has 0 aromatic carbocycles. The molecular formula is C18H31N3O3. The molecule has 3 fully saturated rings.